The lowest BCUT2D eigenvalue weighted by atomic mass is 9.97. The van der Waals surface area contributed by atoms with Crippen molar-refractivity contribution in [1.29, 1.82) is 0 Å². The molecule has 0 spiro atoms. The molecule has 1 amide bonds. The number of ether oxygens (including phenoxy) is 4. The molecule has 0 aromatic carbocycles. The highest BCUT2D eigenvalue weighted by atomic mass is 16.7. The highest BCUT2D eigenvalue weighted by molar-refractivity contribution is 5.76. The van der Waals surface area contributed by atoms with Gasteiger partial charge in [-0.15, -0.1) is 0 Å². The summed E-state index contributed by atoms with van der Waals surface area (Å²) in [5.74, 6) is -0.249. The quantitative estimate of drug-likeness (QED) is 0.0231. The molecule has 2 rings (SSSR count). The summed E-state index contributed by atoms with van der Waals surface area (Å²) in [7, 11) is 0. The molecule has 2 heterocycles. The number of hydrogen-bond donors (Lipinski definition) is 9. The number of unbranched alkanes of at least 4 members (excludes halogenated alkanes) is 22. The smallest absolute Gasteiger partial charge is 0.220 e. The third-order valence-corrected chi connectivity index (χ3v) is 12.6. The molecule has 14 heteroatoms. The highest BCUT2D eigenvalue weighted by Crippen LogP contribution is 2.30. The van der Waals surface area contributed by atoms with Crippen molar-refractivity contribution in [3.63, 3.8) is 0 Å². The zero-order valence-corrected chi connectivity index (χ0v) is 40.2. The molecule has 65 heavy (non-hydrogen) atoms. The zero-order chi connectivity index (χ0) is 47.5. The summed E-state index contributed by atoms with van der Waals surface area (Å²) in [6, 6.07) is -0.916. The number of amides is 1. The van der Waals surface area contributed by atoms with Crippen LogP contribution in [0.2, 0.25) is 0 Å². The van der Waals surface area contributed by atoms with Gasteiger partial charge < -0.3 is 65.1 Å². The van der Waals surface area contributed by atoms with Gasteiger partial charge in [-0.1, -0.05) is 166 Å². The Morgan fingerprint density at radius 3 is 1.57 bits per heavy atom. The van der Waals surface area contributed by atoms with E-state index in [1.54, 1.807) is 6.08 Å². The maximum absolute atomic E-state index is 13.2. The first-order valence-electron chi connectivity index (χ1n) is 25.7. The van der Waals surface area contributed by atoms with Crippen molar-refractivity contribution >= 4 is 5.91 Å². The number of aliphatic hydroxyl groups is 8. The van der Waals surface area contributed by atoms with Crippen molar-refractivity contribution in [3.05, 3.63) is 36.5 Å². The molecular weight excluding hydrogens is 835 g/mol. The Bertz CT molecular complexity index is 1230. The van der Waals surface area contributed by atoms with Gasteiger partial charge in [0.1, 0.15) is 48.8 Å². The Kier molecular flexibility index (Phi) is 34.8. The van der Waals surface area contributed by atoms with Crippen LogP contribution in [0.5, 0.6) is 0 Å². The molecule has 0 aromatic heterocycles. The third-order valence-electron chi connectivity index (χ3n) is 12.6. The van der Waals surface area contributed by atoms with Crippen LogP contribution in [0.25, 0.3) is 0 Å². The summed E-state index contributed by atoms with van der Waals surface area (Å²) in [4.78, 5) is 13.2. The Labute approximate surface area is 391 Å². The number of aliphatic hydroxyl groups excluding tert-OH is 8. The van der Waals surface area contributed by atoms with Crippen LogP contribution >= 0.6 is 0 Å². The Hall–Kier alpha value is -1.79. The summed E-state index contributed by atoms with van der Waals surface area (Å²) >= 11 is 0. The number of allylic oxidation sites excluding steroid dienone is 5. The van der Waals surface area contributed by atoms with Crippen molar-refractivity contribution in [3.8, 4) is 0 Å². The van der Waals surface area contributed by atoms with Gasteiger partial charge in [-0.3, -0.25) is 4.79 Å². The molecule has 0 saturated carbocycles. The minimum atomic E-state index is -1.79. The van der Waals surface area contributed by atoms with Crippen LogP contribution in [0, 0.1) is 0 Å². The van der Waals surface area contributed by atoms with Crippen LogP contribution in [0.3, 0.4) is 0 Å². The Morgan fingerprint density at radius 1 is 0.554 bits per heavy atom. The molecule has 2 saturated heterocycles. The van der Waals surface area contributed by atoms with Gasteiger partial charge >= 0.3 is 0 Å². The molecule has 0 aliphatic carbocycles. The van der Waals surface area contributed by atoms with E-state index in [4.69, 9.17) is 18.9 Å². The van der Waals surface area contributed by atoms with Gasteiger partial charge in [0.25, 0.3) is 0 Å². The van der Waals surface area contributed by atoms with Crippen LogP contribution in [-0.2, 0) is 23.7 Å². The van der Waals surface area contributed by atoms with Gasteiger partial charge in [0, 0.05) is 6.42 Å². The second-order valence-electron chi connectivity index (χ2n) is 18.3. The monoisotopic (exact) mass is 928 g/mol. The number of nitrogens with one attached hydrogen (secondary N) is 1. The maximum Gasteiger partial charge on any atom is 0.220 e. The number of rotatable bonds is 39. The largest absolute Gasteiger partial charge is 0.394 e. The fourth-order valence-electron chi connectivity index (χ4n) is 8.32. The van der Waals surface area contributed by atoms with Gasteiger partial charge in [0.15, 0.2) is 12.6 Å². The lowest BCUT2D eigenvalue weighted by molar-refractivity contribution is -0.359. The first kappa shape index (κ1) is 59.3. The van der Waals surface area contributed by atoms with Crippen LogP contribution in [0.15, 0.2) is 36.5 Å². The topological polar surface area (TPSA) is 228 Å². The van der Waals surface area contributed by atoms with Gasteiger partial charge in [-0.05, 0) is 51.4 Å². The Balaban J connectivity index is 1.85. The lowest BCUT2D eigenvalue weighted by Gasteiger charge is -2.46. The maximum atomic E-state index is 13.2. The molecule has 0 radical (unpaired) electrons. The van der Waals surface area contributed by atoms with E-state index in [9.17, 15) is 45.6 Å². The van der Waals surface area contributed by atoms with E-state index in [1.165, 1.54) is 103 Å². The number of carbonyl (C=O) groups excluding carboxylic acids is 1. The zero-order valence-electron chi connectivity index (χ0n) is 40.2. The van der Waals surface area contributed by atoms with Gasteiger partial charge in [-0.25, -0.2) is 0 Å². The SMILES string of the molecule is CCCCC/C=C\C/C=C\CCCCCCCCCC(=O)NC(COC1OC(CO)C(OC2OC(CO)C(O)C(O)C2O)C(O)C1O)C(O)/C=C/CCCCCCCCCCCCCC. The number of hydrogen-bond acceptors (Lipinski definition) is 13. The first-order chi connectivity index (χ1) is 31.6. The standard InChI is InChI=1S/C51H93NO13/c1-3-5-7-9-11-13-15-17-19-20-21-23-25-27-29-31-33-35-43(56)52-39(40(55)34-32-30-28-26-24-22-18-16-14-12-10-8-6-4-2)38-62-50-48(61)46(59)49(42(37-54)64-50)65-51-47(60)45(58)44(57)41(36-53)63-51/h11,13,17,19,32,34,39-42,44-51,53-55,57-61H,3-10,12,14-16,18,20-31,33,35-38H2,1-2H3,(H,52,56)/b13-11-,19-17-,34-32+. The predicted octanol–water partition coefficient (Wildman–Crippen LogP) is 6.71. The minimum Gasteiger partial charge on any atom is -0.394 e. The average Bonchev–Trinajstić information content (AvgIpc) is 3.30. The van der Waals surface area contributed by atoms with Gasteiger partial charge in [0.2, 0.25) is 5.91 Å². The summed E-state index contributed by atoms with van der Waals surface area (Å²) in [5.41, 5.74) is 0. The van der Waals surface area contributed by atoms with Crippen molar-refractivity contribution < 1.29 is 64.6 Å². The van der Waals surface area contributed by atoms with Crippen LogP contribution in [0.4, 0.5) is 0 Å². The fraction of sp³-hybridized carbons (Fsp3) is 0.863. The van der Waals surface area contributed by atoms with E-state index in [2.05, 4.69) is 43.5 Å². The molecule has 0 bridgehead atoms. The van der Waals surface area contributed by atoms with E-state index in [0.29, 0.717) is 6.42 Å². The molecule has 12 atom stereocenters. The Morgan fingerprint density at radius 2 is 1.02 bits per heavy atom. The molecule has 9 N–H and O–H groups in total. The molecular formula is C51H93NO13. The van der Waals surface area contributed by atoms with Crippen molar-refractivity contribution in [1.82, 2.24) is 5.32 Å². The van der Waals surface area contributed by atoms with Gasteiger partial charge in [-0.2, -0.15) is 0 Å². The molecule has 2 aliphatic rings. The summed E-state index contributed by atoms with van der Waals surface area (Å²) in [6.07, 6.45) is 26.0. The second-order valence-corrected chi connectivity index (χ2v) is 18.3. The van der Waals surface area contributed by atoms with Crippen LogP contribution < -0.4 is 5.32 Å². The van der Waals surface area contributed by atoms with Crippen LogP contribution in [0.1, 0.15) is 187 Å². The van der Waals surface area contributed by atoms with Gasteiger partial charge in [0.05, 0.1) is 32.0 Å². The molecule has 12 unspecified atom stereocenters. The number of carbonyl (C=O) groups is 1. The fourth-order valence-corrected chi connectivity index (χ4v) is 8.32. The summed E-state index contributed by atoms with van der Waals surface area (Å²) in [5, 5.41) is 86.7. The lowest BCUT2D eigenvalue weighted by Crippen LogP contribution is -2.65. The van der Waals surface area contributed by atoms with Crippen LogP contribution in [-0.4, -0.2) is 140 Å². The normalized spacial score (nSPS) is 27.3. The molecule has 2 aliphatic heterocycles. The van der Waals surface area contributed by atoms with Crippen molar-refractivity contribution in [2.24, 2.45) is 0 Å². The van der Waals surface area contributed by atoms with E-state index >= 15 is 0 Å². The second kappa shape index (κ2) is 38.1. The molecule has 2 fully saturated rings. The first-order valence-corrected chi connectivity index (χ1v) is 25.7. The van der Waals surface area contributed by atoms with E-state index < -0.39 is 86.8 Å². The molecule has 380 valence electrons. The summed E-state index contributed by atoms with van der Waals surface area (Å²) in [6.45, 7) is 2.74. The molecule has 0 aromatic rings. The van der Waals surface area contributed by atoms with E-state index in [0.717, 1.165) is 57.8 Å². The van der Waals surface area contributed by atoms with E-state index in [-0.39, 0.29) is 18.9 Å². The van der Waals surface area contributed by atoms with Crippen molar-refractivity contribution in [2.75, 3.05) is 19.8 Å². The third kappa shape index (κ3) is 25.4. The van der Waals surface area contributed by atoms with E-state index in [1.807, 2.05) is 6.08 Å². The minimum absolute atomic E-state index is 0.249. The average molecular weight is 928 g/mol. The van der Waals surface area contributed by atoms with Crippen molar-refractivity contribution in [2.45, 2.75) is 261 Å². The molecule has 14 nitrogen and oxygen atoms in total. The summed E-state index contributed by atoms with van der Waals surface area (Å²) < 4.78 is 22.7. The highest BCUT2D eigenvalue weighted by Gasteiger charge is 2.51. The predicted molar refractivity (Wildman–Crippen MR) is 254 cm³/mol.